The zero-order valence-electron chi connectivity index (χ0n) is 8.27. The molecular formula is C10H10N2O3. The summed E-state index contributed by atoms with van der Waals surface area (Å²) in [5.41, 5.74) is 1.47. The number of carbonyl (C=O) groups is 2. The maximum Gasteiger partial charge on any atom is 0.314 e. The smallest absolute Gasteiger partial charge is 0.314 e. The van der Waals surface area contributed by atoms with Crippen molar-refractivity contribution in [3.8, 4) is 0 Å². The summed E-state index contributed by atoms with van der Waals surface area (Å²) in [5, 5.41) is 0. The largest absolute Gasteiger partial charge is 0.393 e. The number of esters is 2. The van der Waals surface area contributed by atoms with E-state index in [4.69, 9.17) is 0 Å². The van der Waals surface area contributed by atoms with Crippen LogP contribution >= 0.6 is 0 Å². The van der Waals surface area contributed by atoms with Gasteiger partial charge in [-0.05, 0) is 6.92 Å². The summed E-state index contributed by atoms with van der Waals surface area (Å²) in [4.78, 5) is 30.4. The quantitative estimate of drug-likeness (QED) is 0.500. The minimum absolute atomic E-state index is 0.188. The Morgan fingerprint density at radius 3 is 2.40 bits per heavy atom. The van der Waals surface area contributed by atoms with Gasteiger partial charge in [0, 0.05) is 18.3 Å². The first-order valence-corrected chi connectivity index (χ1v) is 4.68. The average molecular weight is 206 g/mol. The molecule has 15 heavy (non-hydrogen) atoms. The third kappa shape index (κ3) is 2.01. The van der Waals surface area contributed by atoms with Crippen LogP contribution in [0.5, 0.6) is 0 Å². The SMILES string of the molecule is Cc1nccnc1C1CC(=O)OC(=O)C1. The van der Waals surface area contributed by atoms with E-state index in [0.717, 1.165) is 5.69 Å². The molecular weight excluding hydrogens is 196 g/mol. The number of hydrogen-bond acceptors (Lipinski definition) is 5. The third-order valence-electron chi connectivity index (χ3n) is 2.36. The second kappa shape index (κ2) is 3.76. The van der Waals surface area contributed by atoms with E-state index < -0.39 is 11.9 Å². The van der Waals surface area contributed by atoms with Gasteiger partial charge in [0.05, 0.1) is 24.2 Å². The molecule has 0 atom stereocenters. The zero-order chi connectivity index (χ0) is 10.8. The van der Waals surface area contributed by atoms with E-state index in [0.29, 0.717) is 5.69 Å². The Kier molecular flexibility index (Phi) is 2.45. The molecule has 1 aliphatic heterocycles. The summed E-state index contributed by atoms with van der Waals surface area (Å²) in [7, 11) is 0. The highest BCUT2D eigenvalue weighted by molar-refractivity contribution is 5.89. The second-order valence-corrected chi connectivity index (χ2v) is 3.48. The minimum Gasteiger partial charge on any atom is -0.393 e. The van der Waals surface area contributed by atoms with Crippen LogP contribution in [0.4, 0.5) is 0 Å². The van der Waals surface area contributed by atoms with Crippen molar-refractivity contribution in [3.63, 3.8) is 0 Å². The lowest BCUT2D eigenvalue weighted by Gasteiger charge is -2.19. The van der Waals surface area contributed by atoms with Crippen LogP contribution in [0.1, 0.15) is 30.1 Å². The number of rotatable bonds is 1. The fraction of sp³-hybridized carbons (Fsp3) is 0.400. The van der Waals surface area contributed by atoms with Gasteiger partial charge in [0.15, 0.2) is 0 Å². The first-order valence-electron chi connectivity index (χ1n) is 4.68. The topological polar surface area (TPSA) is 69.2 Å². The number of ether oxygens (including phenoxy) is 1. The van der Waals surface area contributed by atoms with Crippen molar-refractivity contribution in [2.75, 3.05) is 0 Å². The van der Waals surface area contributed by atoms with Crippen molar-refractivity contribution in [1.82, 2.24) is 9.97 Å². The van der Waals surface area contributed by atoms with Gasteiger partial charge in [0.2, 0.25) is 0 Å². The van der Waals surface area contributed by atoms with Gasteiger partial charge in [0.1, 0.15) is 0 Å². The number of aryl methyl sites for hydroxylation is 1. The highest BCUT2D eigenvalue weighted by Crippen LogP contribution is 2.27. The van der Waals surface area contributed by atoms with Gasteiger partial charge in [-0.25, -0.2) is 0 Å². The van der Waals surface area contributed by atoms with Gasteiger partial charge >= 0.3 is 11.9 Å². The summed E-state index contributed by atoms with van der Waals surface area (Å²) >= 11 is 0. The van der Waals surface area contributed by atoms with Crippen LogP contribution < -0.4 is 0 Å². The predicted octanol–water partition coefficient (Wildman–Crippen LogP) is 0.732. The molecule has 0 bridgehead atoms. The number of cyclic esters (lactones) is 2. The van der Waals surface area contributed by atoms with Crippen LogP contribution in [-0.4, -0.2) is 21.9 Å². The monoisotopic (exact) mass is 206 g/mol. The van der Waals surface area contributed by atoms with E-state index in [-0.39, 0.29) is 18.8 Å². The first kappa shape index (κ1) is 9.76. The predicted molar refractivity (Wildman–Crippen MR) is 49.8 cm³/mol. The molecule has 0 aromatic carbocycles. The van der Waals surface area contributed by atoms with Gasteiger partial charge in [-0.1, -0.05) is 0 Å². The molecule has 78 valence electrons. The Balaban J connectivity index is 2.27. The number of hydrogen-bond donors (Lipinski definition) is 0. The summed E-state index contributed by atoms with van der Waals surface area (Å²) in [6.07, 6.45) is 3.55. The lowest BCUT2D eigenvalue weighted by Crippen LogP contribution is -2.25. The van der Waals surface area contributed by atoms with E-state index >= 15 is 0 Å². The molecule has 2 heterocycles. The molecule has 5 nitrogen and oxygen atoms in total. The van der Waals surface area contributed by atoms with Gasteiger partial charge < -0.3 is 4.74 Å². The standard InChI is InChI=1S/C10H10N2O3/c1-6-10(12-3-2-11-6)7-4-8(13)15-9(14)5-7/h2-3,7H,4-5H2,1H3. The highest BCUT2D eigenvalue weighted by Gasteiger charge is 2.30. The molecule has 0 spiro atoms. The Labute approximate surface area is 86.5 Å². The molecule has 0 N–H and O–H groups in total. The fourth-order valence-corrected chi connectivity index (χ4v) is 1.70. The van der Waals surface area contributed by atoms with E-state index in [1.54, 1.807) is 12.4 Å². The summed E-state index contributed by atoms with van der Waals surface area (Å²) in [6, 6.07) is 0. The van der Waals surface area contributed by atoms with Crippen molar-refractivity contribution >= 4 is 11.9 Å². The van der Waals surface area contributed by atoms with Crippen molar-refractivity contribution in [2.45, 2.75) is 25.7 Å². The van der Waals surface area contributed by atoms with Crippen LogP contribution in [-0.2, 0) is 14.3 Å². The Morgan fingerprint density at radius 1 is 1.20 bits per heavy atom. The van der Waals surface area contributed by atoms with Crippen LogP contribution in [0.25, 0.3) is 0 Å². The number of carbonyl (C=O) groups excluding carboxylic acids is 2. The fourth-order valence-electron chi connectivity index (χ4n) is 1.70. The second-order valence-electron chi connectivity index (χ2n) is 3.48. The molecule has 0 aliphatic carbocycles. The summed E-state index contributed by atoms with van der Waals surface area (Å²) < 4.78 is 4.45. The molecule has 0 unspecified atom stereocenters. The molecule has 0 radical (unpaired) electrons. The van der Waals surface area contributed by atoms with E-state index in [1.165, 1.54) is 0 Å². The zero-order valence-corrected chi connectivity index (χ0v) is 8.27. The normalized spacial score (nSPS) is 17.7. The van der Waals surface area contributed by atoms with Crippen LogP contribution in [0.15, 0.2) is 12.4 Å². The first-order chi connectivity index (χ1) is 7.16. The lowest BCUT2D eigenvalue weighted by atomic mass is 9.94. The maximum absolute atomic E-state index is 11.1. The minimum atomic E-state index is -0.485. The Morgan fingerprint density at radius 2 is 1.80 bits per heavy atom. The van der Waals surface area contributed by atoms with Crippen molar-refractivity contribution < 1.29 is 14.3 Å². The van der Waals surface area contributed by atoms with Crippen molar-refractivity contribution in [2.24, 2.45) is 0 Å². The number of aromatic nitrogens is 2. The molecule has 0 saturated carbocycles. The van der Waals surface area contributed by atoms with Crippen LogP contribution in [0.2, 0.25) is 0 Å². The molecule has 1 aromatic heterocycles. The van der Waals surface area contributed by atoms with E-state index in [1.807, 2.05) is 6.92 Å². The lowest BCUT2D eigenvalue weighted by molar-refractivity contribution is -0.164. The molecule has 1 aromatic rings. The molecule has 5 heteroatoms. The molecule has 2 rings (SSSR count). The number of nitrogens with zero attached hydrogens (tertiary/aromatic N) is 2. The molecule has 1 fully saturated rings. The van der Waals surface area contributed by atoms with Gasteiger partial charge in [-0.2, -0.15) is 0 Å². The highest BCUT2D eigenvalue weighted by atomic mass is 16.6. The summed E-state index contributed by atoms with van der Waals surface area (Å²) in [6.45, 7) is 1.81. The molecule has 1 saturated heterocycles. The van der Waals surface area contributed by atoms with Crippen molar-refractivity contribution in [1.29, 1.82) is 0 Å². The van der Waals surface area contributed by atoms with E-state index in [2.05, 4.69) is 14.7 Å². The van der Waals surface area contributed by atoms with Crippen molar-refractivity contribution in [3.05, 3.63) is 23.8 Å². The Hall–Kier alpha value is -1.78. The van der Waals surface area contributed by atoms with Gasteiger partial charge in [-0.3, -0.25) is 19.6 Å². The van der Waals surface area contributed by atoms with E-state index in [9.17, 15) is 9.59 Å². The van der Waals surface area contributed by atoms with Gasteiger partial charge in [0.25, 0.3) is 0 Å². The van der Waals surface area contributed by atoms with Crippen LogP contribution in [0, 0.1) is 6.92 Å². The molecule has 1 aliphatic rings. The van der Waals surface area contributed by atoms with Gasteiger partial charge in [-0.15, -0.1) is 0 Å². The van der Waals surface area contributed by atoms with Crippen LogP contribution in [0.3, 0.4) is 0 Å². The summed E-state index contributed by atoms with van der Waals surface area (Å²) in [5.74, 6) is -1.16. The average Bonchev–Trinajstić information content (AvgIpc) is 2.16. The maximum atomic E-state index is 11.1. The molecule has 0 amide bonds. The third-order valence-corrected chi connectivity index (χ3v) is 2.36. The Bertz CT molecular complexity index is 401.